The predicted molar refractivity (Wildman–Crippen MR) is 220 cm³/mol. The van der Waals surface area contributed by atoms with Crippen LogP contribution in [0.2, 0.25) is 0 Å². The van der Waals surface area contributed by atoms with Gasteiger partial charge in [-0.15, -0.1) is 0 Å². The van der Waals surface area contributed by atoms with Gasteiger partial charge in [-0.05, 0) is 47.9 Å². The summed E-state index contributed by atoms with van der Waals surface area (Å²) in [6.45, 7) is 0. The van der Waals surface area contributed by atoms with Crippen LogP contribution in [0.3, 0.4) is 0 Å². The average molecular weight is 674 g/mol. The first kappa shape index (κ1) is 27.5. The van der Waals surface area contributed by atoms with Crippen LogP contribution in [0.25, 0.3) is 115 Å². The number of nitrogens with zero attached hydrogens (tertiary/aromatic N) is 5. The van der Waals surface area contributed by atoms with E-state index in [0.717, 1.165) is 38.8 Å². The Balaban J connectivity index is 1.29. The molecule has 244 valence electrons. The Kier molecular flexibility index (Phi) is 5.06. The lowest BCUT2D eigenvalue weighted by Gasteiger charge is -2.15. The maximum atomic E-state index is 5.65. The monoisotopic (exact) mass is 673 g/mol. The molecular weight excluding hydrogens is 647 g/mol. The number of fused-ring (bicyclic) bond motifs is 16. The molecule has 13 aromatic rings. The highest BCUT2D eigenvalue weighted by Gasteiger charge is 2.26. The molecular formula is C48H27N5. The molecule has 53 heavy (non-hydrogen) atoms. The van der Waals surface area contributed by atoms with Gasteiger partial charge in [0.15, 0.2) is 5.82 Å². The maximum Gasteiger partial charge on any atom is 0.237 e. The second kappa shape index (κ2) is 9.75. The van der Waals surface area contributed by atoms with Crippen molar-refractivity contribution >= 4 is 103 Å². The molecule has 8 aromatic carbocycles. The van der Waals surface area contributed by atoms with Crippen LogP contribution in [-0.2, 0) is 0 Å². The molecule has 5 nitrogen and oxygen atoms in total. The zero-order chi connectivity index (χ0) is 34.4. The molecule has 0 aliphatic rings. The number of rotatable bonds is 2. The van der Waals surface area contributed by atoms with Crippen molar-refractivity contribution in [2.24, 2.45) is 0 Å². The van der Waals surface area contributed by atoms with E-state index in [4.69, 9.17) is 9.97 Å². The van der Waals surface area contributed by atoms with Gasteiger partial charge in [0.1, 0.15) is 0 Å². The summed E-state index contributed by atoms with van der Waals surface area (Å²) in [6.07, 6.45) is 0. The molecule has 0 saturated carbocycles. The minimum absolute atomic E-state index is 0.652. The van der Waals surface area contributed by atoms with Crippen LogP contribution in [0, 0.1) is 0 Å². The van der Waals surface area contributed by atoms with Gasteiger partial charge in [-0.25, -0.2) is 4.98 Å². The van der Waals surface area contributed by atoms with E-state index in [0.29, 0.717) is 5.95 Å². The number of para-hydroxylation sites is 5. The van der Waals surface area contributed by atoms with Crippen molar-refractivity contribution in [2.45, 2.75) is 0 Å². The van der Waals surface area contributed by atoms with Crippen LogP contribution in [-0.4, -0.2) is 23.5 Å². The molecule has 0 saturated heterocycles. The minimum Gasteiger partial charge on any atom is -0.308 e. The summed E-state index contributed by atoms with van der Waals surface area (Å²) in [4.78, 5) is 10.9. The van der Waals surface area contributed by atoms with Gasteiger partial charge in [-0.3, -0.25) is 9.13 Å². The molecule has 0 aliphatic heterocycles. The fraction of sp³-hybridized carbons (Fsp3) is 0. The van der Waals surface area contributed by atoms with Crippen molar-refractivity contribution in [1.82, 2.24) is 23.5 Å². The Hall–Kier alpha value is -7.24. The van der Waals surface area contributed by atoms with Crippen molar-refractivity contribution in [3.05, 3.63) is 164 Å². The van der Waals surface area contributed by atoms with Crippen LogP contribution in [0.5, 0.6) is 0 Å². The van der Waals surface area contributed by atoms with Crippen LogP contribution in [0.4, 0.5) is 0 Å². The van der Waals surface area contributed by atoms with Crippen molar-refractivity contribution in [2.75, 3.05) is 0 Å². The molecule has 0 amide bonds. The number of aromatic nitrogens is 5. The Morgan fingerprint density at radius 3 is 1.64 bits per heavy atom. The summed E-state index contributed by atoms with van der Waals surface area (Å²) < 4.78 is 7.14. The van der Waals surface area contributed by atoms with Gasteiger partial charge in [0, 0.05) is 53.9 Å². The first-order chi connectivity index (χ1) is 26.3. The standard InChI is InChI=1S/C48H27N5/c1-2-14-29-28(13-1)25-26-35-43-42(27-36-32-17-6-9-21-38(32)51-41-24-12-7-19-34(41)44(43)46(36)51)53(45(29)35)47-33-18-3-8-20-37(33)49-48(50-47)52-39-22-10-4-15-30(39)31-16-5-11-23-40(31)52/h1-27H. The van der Waals surface area contributed by atoms with E-state index in [9.17, 15) is 0 Å². The molecule has 13 rings (SSSR count). The zero-order valence-corrected chi connectivity index (χ0v) is 28.3. The molecule has 0 radical (unpaired) electrons. The van der Waals surface area contributed by atoms with Gasteiger partial charge >= 0.3 is 0 Å². The normalized spacial score (nSPS) is 12.5. The summed E-state index contributed by atoms with van der Waals surface area (Å²) in [5.41, 5.74) is 9.08. The van der Waals surface area contributed by atoms with E-state index in [1.54, 1.807) is 0 Å². The summed E-state index contributed by atoms with van der Waals surface area (Å²) in [5, 5.41) is 13.3. The Morgan fingerprint density at radius 1 is 0.340 bits per heavy atom. The number of hydrogen-bond donors (Lipinski definition) is 0. The highest BCUT2D eigenvalue weighted by atomic mass is 15.2. The smallest absolute Gasteiger partial charge is 0.237 e. The first-order valence-electron chi connectivity index (χ1n) is 18.1. The van der Waals surface area contributed by atoms with Gasteiger partial charge < -0.3 is 4.40 Å². The lowest BCUT2D eigenvalue weighted by molar-refractivity contribution is 0.974. The van der Waals surface area contributed by atoms with Crippen molar-refractivity contribution < 1.29 is 0 Å². The third-order valence-electron chi connectivity index (χ3n) is 11.5. The average Bonchev–Trinajstić information content (AvgIpc) is 3.94. The van der Waals surface area contributed by atoms with Crippen LogP contribution in [0.1, 0.15) is 0 Å². The Bertz CT molecular complexity index is 3640. The molecule has 5 heterocycles. The largest absolute Gasteiger partial charge is 0.308 e. The van der Waals surface area contributed by atoms with E-state index in [2.05, 4.69) is 177 Å². The molecule has 0 unspecified atom stereocenters. The van der Waals surface area contributed by atoms with Gasteiger partial charge in [-0.1, -0.05) is 121 Å². The van der Waals surface area contributed by atoms with E-state index in [1.165, 1.54) is 70.4 Å². The minimum atomic E-state index is 0.652. The SMILES string of the molecule is c1ccc2c(c1)ccc1c3c4c5ccccc5n5c6ccccc6c(cc3n(-c3nc(-n6c7ccccc7c7ccccc76)nc6ccccc36)c21)c45. The lowest BCUT2D eigenvalue weighted by atomic mass is 10.0. The van der Waals surface area contributed by atoms with Gasteiger partial charge in [0.25, 0.3) is 0 Å². The van der Waals surface area contributed by atoms with E-state index in [1.807, 2.05) is 0 Å². The van der Waals surface area contributed by atoms with E-state index < -0.39 is 0 Å². The third kappa shape index (κ3) is 3.37. The maximum absolute atomic E-state index is 5.65. The third-order valence-corrected chi connectivity index (χ3v) is 11.5. The van der Waals surface area contributed by atoms with Gasteiger partial charge in [0.05, 0.1) is 44.1 Å². The zero-order valence-electron chi connectivity index (χ0n) is 28.3. The molecule has 0 aliphatic carbocycles. The fourth-order valence-electron chi connectivity index (χ4n) is 9.45. The molecule has 5 heteroatoms. The topological polar surface area (TPSA) is 40.0 Å². The molecule has 0 fully saturated rings. The molecule has 0 spiro atoms. The molecule has 0 N–H and O–H groups in total. The van der Waals surface area contributed by atoms with E-state index in [-0.39, 0.29) is 0 Å². The van der Waals surface area contributed by atoms with Crippen molar-refractivity contribution in [3.63, 3.8) is 0 Å². The second-order valence-electron chi connectivity index (χ2n) is 14.2. The summed E-state index contributed by atoms with van der Waals surface area (Å²) in [5.74, 6) is 1.52. The molecule has 0 bridgehead atoms. The summed E-state index contributed by atoms with van der Waals surface area (Å²) in [7, 11) is 0. The van der Waals surface area contributed by atoms with Crippen LogP contribution >= 0.6 is 0 Å². The highest BCUT2D eigenvalue weighted by Crippen LogP contribution is 2.48. The predicted octanol–water partition coefficient (Wildman–Crippen LogP) is 12.1. The van der Waals surface area contributed by atoms with Crippen molar-refractivity contribution in [3.8, 4) is 11.8 Å². The lowest BCUT2D eigenvalue weighted by Crippen LogP contribution is -2.07. The van der Waals surface area contributed by atoms with Gasteiger partial charge in [-0.2, -0.15) is 4.98 Å². The Labute approximate surface area is 301 Å². The van der Waals surface area contributed by atoms with Crippen LogP contribution in [0.15, 0.2) is 164 Å². The summed E-state index contributed by atoms with van der Waals surface area (Å²) in [6, 6.07) is 59.1. The van der Waals surface area contributed by atoms with Gasteiger partial charge in [0.2, 0.25) is 5.95 Å². The van der Waals surface area contributed by atoms with E-state index >= 15 is 0 Å². The van der Waals surface area contributed by atoms with Crippen molar-refractivity contribution in [1.29, 1.82) is 0 Å². The first-order valence-corrected chi connectivity index (χ1v) is 18.1. The highest BCUT2D eigenvalue weighted by molar-refractivity contribution is 6.37. The summed E-state index contributed by atoms with van der Waals surface area (Å²) >= 11 is 0. The molecule has 5 aromatic heterocycles. The second-order valence-corrected chi connectivity index (χ2v) is 14.2. The quantitative estimate of drug-likeness (QED) is 0.183. The Morgan fingerprint density at radius 2 is 0.906 bits per heavy atom. The van der Waals surface area contributed by atoms with Crippen LogP contribution < -0.4 is 0 Å². The number of benzene rings is 8. The fourth-order valence-corrected chi connectivity index (χ4v) is 9.45. The molecule has 0 atom stereocenters. The number of hydrogen-bond acceptors (Lipinski definition) is 2.